The highest BCUT2D eigenvalue weighted by atomic mass is 32.2. The maximum absolute atomic E-state index is 11.0. The van der Waals surface area contributed by atoms with Gasteiger partial charge in [0.05, 0.1) is 17.7 Å². The van der Waals surface area contributed by atoms with E-state index in [-0.39, 0.29) is 5.69 Å². The van der Waals surface area contributed by atoms with Gasteiger partial charge < -0.3 is 4.74 Å². The van der Waals surface area contributed by atoms with Crippen molar-refractivity contribution in [2.45, 2.75) is 24.8 Å². The van der Waals surface area contributed by atoms with Crippen molar-refractivity contribution in [2.24, 2.45) is 0 Å². The molecule has 0 atom stereocenters. The summed E-state index contributed by atoms with van der Waals surface area (Å²) in [6.07, 6.45) is 0. The Morgan fingerprint density at radius 2 is 2.08 bits per heavy atom. The second kappa shape index (κ2) is 7.52. The lowest BCUT2D eigenvalue weighted by molar-refractivity contribution is -0.384. The van der Waals surface area contributed by atoms with E-state index >= 15 is 0 Å². The fraction of sp³-hybridized carbons (Fsp3) is 0.235. The first-order valence-corrected chi connectivity index (χ1v) is 8.79. The summed E-state index contributed by atoms with van der Waals surface area (Å²) >= 11 is 1.39. The lowest BCUT2D eigenvalue weighted by atomic mass is 10.1. The van der Waals surface area contributed by atoms with Gasteiger partial charge in [0.25, 0.3) is 5.69 Å². The molecule has 0 aliphatic carbocycles. The average molecular weight is 371 g/mol. The quantitative estimate of drug-likeness (QED) is 0.372. The van der Waals surface area contributed by atoms with Gasteiger partial charge in [-0.15, -0.1) is 5.10 Å². The van der Waals surface area contributed by atoms with E-state index in [0.29, 0.717) is 22.2 Å². The Kier molecular flexibility index (Phi) is 5.17. The fourth-order valence-electron chi connectivity index (χ4n) is 2.52. The van der Waals surface area contributed by atoms with Gasteiger partial charge in [-0.1, -0.05) is 23.9 Å². The molecule has 0 aliphatic rings. The third-order valence-corrected chi connectivity index (χ3v) is 5.04. The minimum Gasteiger partial charge on any atom is -0.496 e. The van der Waals surface area contributed by atoms with Crippen LogP contribution >= 0.6 is 11.8 Å². The van der Waals surface area contributed by atoms with Crippen molar-refractivity contribution < 1.29 is 9.66 Å². The average Bonchev–Trinajstić information content (AvgIpc) is 3.10. The summed E-state index contributed by atoms with van der Waals surface area (Å²) in [6, 6.07) is 10.5. The Labute approximate surface area is 154 Å². The first kappa shape index (κ1) is 17.9. The van der Waals surface area contributed by atoms with Crippen LogP contribution in [0.4, 0.5) is 5.69 Å². The van der Waals surface area contributed by atoms with Gasteiger partial charge in [-0.3, -0.25) is 10.1 Å². The largest absolute Gasteiger partial charge is 0.496 e. The molecule has 0 aliphatic heterocycles. The van der Waals surface area contributed by atoms with Crippen LogP contribution in [0.2, 0.25) is 0 Å². The number of tetrazole rings is 1. The molecular weight excluding hydrogens is 354 g/mol. The van der Waals surface area contributed by atoms with E-state index in [1.807, 2.05) is 32.0 Å². The lowest BCUT2D eigenvalue weighted by Gasteiger charge is -2.10. The third-order valence-electron chi connectivity index (χ3n) is 4.08. The summed E-state index contributed by atoms with van der Waals surface area (Å²) in [5.41, 5.74) is 3.88. The van der Waals surface area contributed by atoms with Gasteiger partial charge in [-0.05, 0) is 47.5 Å². The second-order valence-electron chi connectivity index (χ2n) is 5.63. The van der Waals surface area contributed by atoms with Gasteiger partial charge in [0.15, 0.2) is 0 Å². The predicted molar refractivity (Wildman–Crippen MR) is 97.8 cm³/mol. The molecule has 3 aromatic rings. The zero-order valence-electron chi connectivity index (χ0n) is 14.5. The van der Waals surface area contributed by atoms with Crippen LogP contribution in [-0.2, 0) is 5.75 Å². The van der Waals surface area contributed by atoms with Crippen LogP contribution in [-0.4, -0.2) is 32.2 Å². The topological polar surface area (TPSA) is 96.0 Å². The molecule has 0 saturated carbocycles. The van der Waals surface area contributed by atoms with E-state index in [4.69, 9.17) is 4.74 Å². The van der Waals surface area contributed by atoms with Gasteiger partial charge in [0, 0.05) is 23.4 Å². The number of aromatic nitrogens is 4. The summed E-state index contributed by atoms with van der Waals surface area (Å²) in [6.45, 7) is 4.05. The van der Waals surface area contributed by atoms with E-state index in [2.05, 4.69) is 15.5 Å². The Hall–Kier alpha value is -2.94. The van der Waals surface area contributed by atoms with Crippen molar-refractivity contribution in [1.82, 2.24) is 20.2 Å². The number of methoxy groups -OCH3 is 1. The molecular formula is C17H17N5O3S. The molecule has 0 N–H and O–H groups in total. The summed E-state index contributed by atoms with van der Waals surface area (Å²) < 4.78 is 6.98. The molecule has 0 saturated heterocycles. The molecule has 1 heterocycles. The molecule has 0 bridgehead atoms. The number of aryl methyl sites for hydroxylation is 1. The van der Waals surface area contributed by atoms with Gasteiger partial charge >= 0.3 is 0 Å². The van der Waals surface area contributed by atoms with Crippen molar-refractivity contribution in [3.05, 3.63) is 63.2 Å². The number of nitrogens with zero attached hydrogens (tertiary/aromatic N) is 5. The molecule has 9 heteroatoms. The van der Waals surface area contributed by atoms with E-state index in [0.717, 1.165) is 16.8 Å². The zero-order valence-corrected chi connectivity index (χ0v) is 15.4. The highest BCUT2D eigenvalue weighted by Gasteiger charge is 2.15. The maximum atomic E-state index is 11.0. The number of non-ortho nitro benzene ring substituents is 1. The Morgan fingerprint density at radius 1 is 1.27 bits per heavy atom. The van der Waals surface area contributed by atoms with Gasteiger partial charge in [0.1, 0.15) is 5.75 Å². The number of rotatable bonds is 6. The smallest absolute Gasteiger partial charge is 0.270 e. The van der Waals surface area contributed by atoms with Gasteiger partial charge in [-0.2, -0.15) is 4.68 Å². The van der Waals surface area contributed by atoms with Crippen LogP contribution in [0, 0.1) is 24.0 Å². The van der Waals surface area contributed by atoms with Crippen LogP contribution < -0.4 is 4.74 Å². The number of thioether (sulfide) groups is 1. The molecule has 2 aromatic carbocycles. The van der Waals surface area contributed by atoms with E-state index in [1.54, 1.807) is 10.7 Å². The molecule has 0 spiro atoms. The Balaban J connectivity index is 1.88. The Bertz CT molecular complexity index is 957. The summed E-state index contributed by atoms with van der Waals surface area (Å²) in [4.78, 5) is 10.6. The molecule has 134 valence electrons. The normalized spacial score (nSPS) is 10.7. The summed E-state index contributed by atoms with van der Waals surface area (Å²) in [7, 11) is 1.54. The Morgan fingerprint density at radius 3 is 2.81 bits per heavy atom. The lowest BCUT2D eigenvalue weighted by Crippen LogP contribution is -2.03. The van der Waals surface area contributed by atoms with Crippen molar-refractivity contribution in [2.75, 3.05) is 7.11 Å². The maximum Gasteiger partial charge on any atom is 0.270 e. The number of nitro benzene ring substituents is 1. The van der Waals surface area contributed by atoms with Crippen molar-refractivity contribution in [3.8, 4) is 11.4 Å². The molecule has 0 unspecified atom stereocenters. The number of nitro groups is 1. The molecule has 1 aromatic heterocycles. The van der Waals surface area contributed by atoms with E-state index in [9.17, 15) is 10.1 Å². The van der Waals surface area contributed by atoms with Crippen LogP contribution in [0.3, 0.4) is 0 Å². The van der Waals surface area contributed by atoms with E-state index < -0.39 is 4.92 Å². The number of ether oxygens (including phenoxy) is 1. The van der Waals surface area contributed by atoms with Gasteiger partial charge in [0.2, 0.25) is 5.16 Å². The SMILES string of the molecule is COc1ccc([N+](=O)[O-])cc1CSc1nnnn1-c1cccc(C)c1C. The summed E-state index contributed by atoms with van der Waals surface area (Å²) in [5, 5.41) is 23.6. The third kappa shape index (κ3) is 3.52. The van der Waals surface area contributed by atoms with Crippen molar-refractivity contribution >= 4 is 17.4 Å². The molecule has 0 fully saturated rings. The van der Waals surface area contributed by atoms with Crippen LogP contribution in [0.5, 0.6) is 5.75 Å². The highest BCUT2D eigenvalue weighted by molar-refractivity contribution is 7.98. The van der Waals surface area contributed by atoms with Crippen LogP contribution in [0.25, 0.3) is 5.69 Å². The highest BCUT2D eigenvalue weighted by Crippen LogP contribution is 2.31. The fourth-order valence-corrected chi connectivity index (χ4v) is 3.38. The van der Waals surface area contributed by atoms with E-state index in [1.165, 1.54) is 31.0 Å². The second-order valence-corrected chi connectivity index (χ2v) is 6.58. The molecule has 3 rings (SSSR count). The predicted octanol–water partition coefficient (Wildman–Crippen LogP) is 3.49. The van der Waals surface area contributed by atoms with Crippen LogP contribution in [0.15, 0.2) is 41.6 Å². The molecule has 0 radical (unpaired) electrons. The van der Waals surface area contributed by atoms with Gasteiger partial charge in [-0.25, -0.2) is 0 Å². The minimum atomic E-state index is -0.423. The van der Waals surface area contributed by atoms with Crippen molar-refractivity contribution in [3.63, 3.8) is 0 Å². The molecule has 26 heavy (non-hydrogen) atoms. The zero-order chi connectivity index (χ0) is 18.7. The number of hydrogen-bond donors (Lipinski definition) is 0. The molecule has 8 nitrogen and oxygen atoms in total. The standard InChI is InChI=1S/C17H17N5O3S/c1-11-5-4-6-15(12(11)2)21-17(18-19-20-21)26-10-13-9-14(22(23)24)7-8-16(13)25-3/h4-9H,10H2,1-3H3. The molecule has 0 amide bonds. The number of hydrogen-bond acceptors (Lipinski definition) is 7. The first-order chi connectivity index (χ1) is 12.5. The monoisotopic (exact) mass is 371 g/mol. The number of benzene rings is 2. The first-order valence-electron chi connectivity index (χ1n) is 7.80. The van der Waals surface area contributed by atoms with Crippen LogP contribution in [0.1, 0.15) is 16.7 Å². The summed E-state index contributed by atoms with van der Waals surface area (Å²) in [5.74, 6) is 1.03. The van der Waals surface area contributed by atoms with Crippen molar-refractivity contribution in [1.29, 1.82) is 0 Å². The minimum absolute atomic E-state index is 0.0236.